The smallest absolute Gasteiger partial charge is 0.339 e. The third kappa shape index (κ3) is 5.92. The van der Waals surface area contributed by atoms with Gasteiger partial charge in [-0.1, -0.05) is 19.9 Å². The summed E-state index contributed by atoms with van der Waals surface area (Å²) < 4.78 is 7.20. The summed E-state index contributed by atoms with van der Waals surface area (Å²) in [7, 11) is 0. The molecule has 1 atom stereocenters. The number of aromatic carboxylic acids is 1. The second-order valence-corrected chi connectivity index (χ2v) is 7.02. The van der Waals surface area contributed by atoms with E-state index in [0.29, 0.717) is 29.6 Å². The number of benzene rings is 1. The van der Waals surface area contributed by atoms with Crippen molar-refractivity contribution in [3.8, 4) is 5.69 Å². The third-order valence-corrected chi connectivity index (χ3v) is 4.15. The van der Waals surface area contributed by atoms with Crippen LogP contribution in [0.5, 0.6) is 0 Å². The molecule has 0 saturated heterocycles. The molecule has 7 nitrogen and oxygen atoms in total. The molecular formula is C20H27N3O4. The van der Waals surface area contributed by atoms with E-state index in [1.54, 1.807) is 31.2 Å². The summed E-state index contributed by atoms with van der Waals surface area (Å²) in [5.74, 6) is -0.592. The Bertz CT molecular complexity index is 798. The Morgan fingerprint density at radius 3 is 2.67 bits per heavy atom. The second-order valence-electron chi connectivity index (χ2n) is 7.02. The molecule has 0 aliphatic heterocycles. The first-order valence-corrected chi connectivity index (χ1v) is 9.07. The van der Waals surface area contributed by atoms with Crippen LogP contribution in [0.3, 0.4) is 0 Å². The van der Waals surface area contributed by atoms with Gasteiger partial charge in [-0.3, -0.25) is 4.79 Å². The van der Waals surface area contributed by atoms with Gasteiger partial charge < -0.3 is 15.2 Å². The van der Waals surface area contributed by atoms with Crippen LogP contribution in [0.15, 0.2) is 30.5 Å². The zero-order valence-electron chi connectivity index (χ0n) is 16.2. The van der Waals surface area contributed by atoms with E-state index in [1.165, 1.54) is 10.9 Å². The van der Waals surface area contributed by atoms with E-state index >= 15 is 0 Å². The molecule has 0 saturated carbocycles. The van der Waals surface area contributed by atoms with E-state index in [4.69, 9.17) is 9.84 Å². The highest BCUT2D eigenvalue weighted by Gasteiger charge is 2.14. The van der Waals surface area contributed by atoms with E-state index < -0.39 is 5.97 Å². The van der Waals surface area contributed by atoms with Crippen molar-refractivity contribution in [2.45, 2.75) is 46.6 Å². The maximum atomic E-state index is 12.1. The van der Waals surface area contributed by atoms with Crippen LogP contribution in [0.25, 0.3) is 5.69 Å². The molecule has 146 valence electrons. The number of amides is 1. The zero-order chi connectivity index (χ0) is 20.0. The summed E-state index contributed by atoms with van der Waals surface area (Å²) in [5, 5.41) is 16.1. The summed E-state index contributed by atoms with van der Waals surface area (Å²) in [5.41, 5.74) is 1.98. The highest BCUT2D eigenvalue weighted by atomic mass is 16.5. The van der Waals surface area contributed by atoms with Crippen LogP contribution in [0, 0.1) is 12.8 Å². The average molecular weight is 373 g/mol. The number of nitrogens with one attached hydrogen (secondary N) is 1. The Morgan fingerprint density at radius 2 is 2.04 bits per heavy atom. The highest BCUT2D eigenvalue weighted by Crippen LogP contribution is 2.18. The molecule has 1 heterocycles. The first-order chi connectivity index (χ1) is 12.8. The molecule has 1 aromatic carbocycles. The molecule has 0 aliphatic carbocycles. The van der Waals surface area contributed by atoms with Gasteiger partial charge >= 0.3 is 5.97 Å². The van der Waals surface area contributed by atoms with Crippen LogP contribution in [0.1, 0.15) is 49.7 Å². The van der Waals surface area contributed by atoms with Crippen molar-refractivity contribution < 1.29 is 19.4 Å². The quantitative estimate of drug-likeness (QED) is 0.700. The number of carbonyl (C=O) groups excluding carboxylic acids is 1. The van der Waals surface area contributed by atoms with Gasteiger partial charge in [-0.2, -0.15) is 5.10 Å². The number of nitrogens with zero attached hydrogens (tertiary/aromatic N) is 2. The monoisotopic (exact) mass is 373 g/mol. The van der Waals surface area contributed by atoms with Crippen molar-refractivity contribution >= 4 is 17.6 Å². The Morgan fingerprint density at radius 1 is 1.30 bits per heavy atom. The van der Waals surface area contributed by atoms with Crippen molar-refractivity contribution in [2.24, 2.45) is 5.92 Å². The van der Waals surface area contributed by atoms with Crippen molar-refractivity contribution in [2.75, 3.05) is 11.9 Å². The molecule has 2 aromatic rings. The van der Waals surface area contributed by atoms with Crippen LogP contribution in [0.2, 0.25) is 0 Å². The number of hydrogen-bond donors (Lipinski definition) is 2. The average Bonchev–Trinajstić information content (AvgIpc) is 2.96. The number of carboxylic acids is 1. The van der Waals surface area contributed by atoms with Crippen LogP contribution in [-0.2, 0) is 9.53 Å². The van der Waals surface area contributed by atoms with E-state index in [1.807, 2.05) is 6.92 Å². The van der Waals surface area contributed by atoms with Crippen LogP contribution in [0.4, 0.5) is 5.69 Å². The number of carbonyl (C=O) groups is 2. The lowest BCUT2D eigenvalue weighted by Gasteiger charge is -2.15. The molecule has 0 spiro atoms. The van der Waals surface area contributed by atoms with Gasteiger partial charge in [0.1, 0.15) is 5.56 Å². The van der Waals surface area contributed by atoms with Gasteiger partial charge in [0.2, 0.25) is 5.91 Å². The predicted octanol–water partition coefficient (Wildman–Crippen LogP) is 3.66. The number of aromatic nitrogens is 2. The molecule has 0 radical (unpaired) electrons. The fourth-order valence-corrected chi connectivity index (χ4v) is 2.90. The first kappa shape index (κ1) is 20.6. The van der Waals surface area contributed by atoms with Crippen molar-refractivity contribution in [1.29, 1.82) is 0 Å². The van der Waals surface area contributed by atoms with Gasteiger partial charge in [0.25, 0.3) is 0 Å². The van der Waals surface area contributed by atoms with Gasteiger partial charge in [-0.05, 0) is 44.4 Å². The van der Waals surface area contributed by atoms with Crippen LogP contribution < -0.4 is 5.32 Å². The third-order valence-electron chi connectivity index (χ3n) is 4.15. The first-order valence-electron chi connectivity index (χ1n) is 9.07. The molecule has 1 amide bonds. The van der Waals surface area contributed by atoms with E-state index in [-0.39, 0.29) is 24.0 Å². The fraction of sp³-hybridized carbons (Fsp3) is 0.450. The standard InChI is InChI=1S/C20H27N3O4/c1-13(2)10-14(3)27-9-8-19(24)22-16-6-5-7-17(11-16)23-15(4)18(12-21-23)20(25)26/h5-7,11-14H,8-10H2,1-4H3,(H,22,24)(H,25,26). The largest absolute Gasteiger partial charge is 0.478 e. The Balaban J connectivity index is 1.96. The molecule has 7 heteroatoms. The lowest BCUT2D eigenvalue weighted by atomic mass is 10.1. The maximum Gasteiger partial charge on any atom is 0.339 e. The molecule has 0 fully saturated rings. The number of carboxylic acid groups (broad SMARTS) is 1. The molecule has 27 heavy (non-hydrogen) atoms. The Labute approximate surface area is 159 Å². The zero-order valence-corrected chi connectivity index (χ0v) is 16.2. The summed E-state index contributed by atoms with van der Waals surface area (Å²) in [4.78, 5) is 23.3. The fourth-order valence-electron chi connectivity index (χ4n) is 2.90. The second kappa shape index (κ2) is 9.32. The number of rotatable bonds is 9. The molecule has 2 N–H and O–H groups in total. The number of ether oxygens (including phenoxy) is 1. The minimum Gasteiger partial charge on any atom is -0.478 e. The van der Waals surface area contributed by atoms with Crippen LogP contribution >= 0.6 is 0 Å². The van der Waals surface area contributed by atoms with Gasteiger partial charge in [-0.15, -0.1) is 0 Å². The molecule has 1 unspecified atom stereocenters. The molecule has 2 rings (SSSR count). The SMILES string of the molecule is Cc1c(C(=O)O)cnn1-c1cccc(NC(=O)CCOC(C)CC(C)C)c1. The predicted molar refractivity (Wildman–Crippen MR) is 103 cm³/mol. The lowest BCUT2D eigenvalue weighted by molar-refractivity contribution is -0.117. The Hall–Kier alpha value is -2.67. The summed E-state index contributed by atoms with van der Waals surface area (Å²) in [6, 6.07) is 7.12. The van der Waals surface area contributed by atoms with Gasteiger partial charge in [-0.25, -0.2) is 9.48 Å². The van der Waals surface area contributed by atoms with Gasteiger partial charge in [0.05, 0.1) is 36.7 Å². The number of hydrogen-bond acceptors (Lipinski definition) is 4. The van der Waals surface area contributed by atoms with Crippen LogP contribution in [-0.4, -0.2) is 39.5 Å². The van der Waals surface area contributed by atoms with Crippen molar-refractivity contribution in [3.05, 3.63) is 41.7 Å². The summed E-state index contributed by atoms with van der Waals surface area (Å²) in [6.45, 7) is 8.36. The maximum absolute atomic E-state index is 12.1. The lowest BCUT2D eigenvalue weighted by Crippen LogP contribution is -2.18. The van der Waals surface area contributed by atoms with E-state index in [9.17, 15) is 9.59 Å². The van der Waals surface area contributed by atoms with E-state index in [2.05, 4.69) is 24.3 Å². The molecule has 0 bridgehead atoms. The number of anilines is 1. The topological polar surface area (TPSA) is 93.5 Å². The molecular weight excluding hydrogens is 346 g/mol. The summed E-state index contributed by atoms with van der Waals surface area (Å²) >= 11 is 0. The minimum absolute atomic E-state index is 0.132. The van der Waals surface area contributed by atoms with Gasteiger partial charge in [0.15, 0.2) is 0 Å². The molecule has 0 aliphatic rings. The highest BCUT2D eigenvalue weighted by molar-refractivity contribution is 5.91. The summed E-state index contributed by atoms with van der Waals surface area (Å²) in [6.07, 6.45) is 2.69. The van der Waals surface area contributed by atoms with Crippen molar-refractivity contribution in [1.82, 2.24) is 9.78 Å². The minimum atomic E-state index is -1.02. The van der Waals surface area contributed by atoms with Gasteiger partial charge in [0, 0.05) is 5.69 Å². The van der Waals surface area contributed by atoms with Crippen molar-refractivity contribution in [3.63, 3.8) is 0 Å². The normalized spacial score (nSPS) is 12.2. The Kier molecular flexibility index (Phi) is 7.12. The molecule has 1 aromatic heterocycles. The van der Waals surface area contributed by atoms with E-state index in [0.717, 1.165) is 6.42 Å².